The quantitative estimate of drug-likeness (QED) is 0.886. The van der Waals surface area contributed by atoms with Gasteiger partial charge in [-0.05, 0) is 62.5 Å². The van der Waals surface area contributed by atoms with E-state index in [1.54, 1.807) is 27.9 Å². The minimum Gasteiger partial charge on any atom is -0.435 e. The number of fused-ring (bicyclic) bond motifs is 1. The molecule has 1 aromatic carbocycles. The van der Waals surface area contributed by atoms with Gasteiger partial charge in [-0.3, -0.25) is 4.79 Å². The van der Waals surface area contributed by atoms with Gasteiger partial charge in [0.05, 0.1) is 12.2 Å². The van der Waals surface area contributed by atoms with E-state index in [1.165, 1.54) is 6.07 Å². The number of nitrogens with one attached hydrogen (secondary N) is 1. The number of benzene rings is 1. The first-order valence-corrected chi connectivity index (χ1v) is 9.14. The maximum absolute atomic E-state index is 13.0. The zero-order valence-electron chi connectivity index (χ0n) is 14.8. The number of nitrogens with zero attached hydrogens (tertiary/aromatic N) is 4. The highest BCUT2D eigenvalue weighted by Gasteiger charge is 2.27. The van der Waals surface area contributed by atoms with Crippen molar-refractivity contribution >= 4 is 11.6 Å². The normalized spacial score (nSPS) is 17.8. The summed E-state index contributed by atoms with van der Waals surface area (Å²) in [6.07, 6.45) is 5.08. The molecule has 0 radical (unpaired) electrons. The van der Waals surface area contributed by atoms with Crippen LogP contribution >= 0.6 is 0 Å². The van der Waals surface area contributed by atoms with Crippen LogP contribution in [0.1, 0.15) is 41.4 Å². The molecule has 0 bridgehead atoms. The number of hydrogen-bond acceptors (Lipinski definition) is 5. The topological polar surface area (TPSA) is 72.3 Å². The molecule has 2 aliphatic heterocycles. The Kier molecular flexibility index (Phi) is 5.02. The fourth-order valence-electron chi connectivity index (χ4n) is 3.72. The average Bonchev–Trinajstić information content (AvgIpc) is 3.17. The standard InChI is InChI=1S/C18H21F2N5O2/c19-18(20)27-14-3-4-16-12(10-14)2-1-9-24(16)17(26)15-11-25(23-22-15)13-5-7-21-8-6-13/h3-4,10-11,13,18,21H,1-2,5-9H2. The molecule has 2 aliphatic rings. The van der Waals surface area contributed by atoms with Crippen LogP contribution in [0.4, 0.5) is 14.5 Å². The molecule has 1 fully saturated rings. The molecule has 1 amide bonds. The van der Waals surface area contributed by atoms with Crippen molar-refractivity contribution in [1.29, 1.82) is 0 Å². The monoisotopic (exact) mass is 377 g/mol. The number of piperidine rings is 1. The van der Waals surface area contributed by atoms with Crippen molar-refractivity contribution in [2.24, 2.45) is 0 Å². The lowest BCUT2D eigenvalue weighted by Gasteiger charge is -2.29. The minimum atomic E-state index is -2.87. The Bertz CT molecular complexity index is 820. The maximum atomic E-state index is 13.0. The Labute approximate surface area is 155 Å². The molecule has 2 aromatic rings. The number of aryl methyl sites for hydroxylation is 1. The highest BCUT2D eigenvalue weighted by molar-refractivity contribution is 6.05. The molecule has 3 heterocycles. The van der Waals surface area contributed by atoms with Crippen LogP contribution in [0.3, 0.4) is 0 Å². The first-order chi connectivity index (χ1) is 13.1. The van der Waals surface area contributed by atoms with E-state index in [9.17, 15) is 13.6 Å². The van der Waals surface area contributed by atoms with Gasteiger partial charge in [0.1, 0.15) is 5.75 Å². The fourth-order valence-corrected chi connectivity index (χ4v) is 3.72. The zero-order valence-corrected chi connectivity index (χ0v) is 14.8. The van der Waals surface area contributed by atoms with Gasteiger partial charge in [0, 0.05) is 12.2 Å². The van der Waals surface area contributed by atoms with Crippen LogP contribution in [0, 0.1) is 0 Å². The second-order valence-electron chi connectivity index (χ2n) is 6.79. The van der Waals surface area contributed by atoms with E-state index < -0.39 is 6.61 Å². The summed E-state index contributed by atoms with van der Waals surface area (Å²) in [4.78, 5) is 14.6. The van der Waals surface area contributed by atoms with E-state index in [2.05, 4.69) is 20.4 Å². The lowest BCUT2D eigenvalue weighted by molar-refractivity contribution is -0.0498. The second kappa shape index (κ2) is 7.59. The minimum absolute atomic E-state index is 0.106. The Morgan fingerprint density at radius 3 is 2.89 bits per heavy atom. The Morgan fingerprint density at radius 2 is 2.11 bits per heavy atom. The molecule has 1 N–H and O–H groups in total. The van der Waals surface area contributed by atoms with Gasteiger partial charge in [-0.25, -0.2) is 4.68 Å². The van der Waals surface area contributed by atoms with Gasteiger partial charge in [0.2, 0.25) is 0 Å². The number of anilines is 1. The molecular weight excluding hydrogens is 356 g/mol. The largest absolute Gasteiger partial charge is 0.435 e. The number of rotatable bonds is 4. The molecule has 27 heavy (non-hydrogen) atoms. The summed E-state index contributed by atoms with van der Waals surface area (Å²) in [6.45, 7) is -0.456. The Morgan fingerprint density at radius 1 is 1.30 bits per heavy atom. The number of alkyl halides is 2. The Balaban J connectivity index is 1.54. The molecule has 0 unspecified atom stereocenters. The molecule has 7 nitrogen and oxygen atoms in total. The maximum Gasteiger partial charge on any atom is 0.387 e. The second-order valence-corrected chi connectivity index (χ2v) is 6.79. The molecule has 9 heteroatoms. The molecule has 0 spiro atoms. The van der Waals surface area contributed by atoms with Crippen LogP contribution in [0.2, 0.25) is 0 Å². The van der Waals surface area contributed by atoms with Gasteiger partial charge in [-0.15, -0.1) is 5.10 Å². The van der Waals surface area contributed by atoms with E-state index >= 15 is 0 Å². The summed E-state index contributed by atoms with van der Waals surface area (Å²) in [7, 11) is 0. The third-order valence-electron chi connectivity index (χ3n) is 5.05. The third kappa shape index (κ3) is 3.78. The van der Waals surface area contributed by atoms with Gasteiger partial charge in [-0.2, -0.15) is 8.78 Å². The van der Waals surface area contributed by atoms with Crippen LogP contribution in [0.15, 0.2) is 24.4 Å². The van der Waals surface area contributed by atoms with Crippen molar-refractivity contribution in [1.82, 2.24) is 20.3 Å². The number of ether oxygens (including phenoxy) is 1. The highest BCUT2D eigenvalue weighted by Crippen LogP contribution is 2.32. The number of hydrogen-bond donors (Lipinski definition) is 1. The van der Waals surface area contributed by atoms with Crippen LogP contribution in [0.25, 0.3) is 0 Å². The van der Waals surface area contributed by atoms with Gasteiger partial charge in [0.15, 0.2) is 5.69 Å². The fraction of sp³-hybridized carbons (Fsp3) is 0.500. The van der Waals surface area contributed by atoms with E-state index in [0.717, 1.165) is 37.9 Å². The molecule has 0 aliphatic carbocycles. The van der Waals surface area contributed by atoms with Crippen LogP contribution in [0.5, 0.6) is 5.75 Å². The van der Waals surface area contributed by atoms with Crippen molar-refractivity contribution in [2.75, 3.05) is 24.5 Å². The summed E-state index contributed by atoms with van der Waals surface area (Å²) in [5, 5.41) is 11.5. The Hall–Kier alpha value is -2.55. The number of carbonyl (C=O) groups excluding carboxylic acids is 1. The van der Waals surface area contributed by atoms with Crippen LogP contribution < -0.4 is 15.0 Å². The molecule has 1 aromatic heterocycles. The summed E-state index contributed by atoms with van der Waals surface area (Å²) in [5.74, 6) is -0.117. The molecule has 0 atom stereocenters. The number of halogens is 2. The van der Waals surface area contributed by atoms with E-state index in [-0.39, 0.29) is 17.7 Å². The zero-order chi connectivity index (χ0) is 18.8. The van der Waals surface area contributed by atoms with Gasteiger partial charge < -0.3 is 15.0 Å². The predicted octanol–water partition coefficient (Wildman–Crippen LogP) is 2.40. The average molecular weight is 377 g/mol. The summed E-state index contributed by atoms with van der Waals surface area (Å²) < 4.78 is 31.1. The summed E-state index contributed by atoms with van der Waals surface area (Å²) >= 11 is 0. The van der Waals surface area contributed by atoms with E-state index in [0.29, 0.717) is 24.3 Å². The smallest absolute Gasteiger partial charge is 0.387 e. The van der Waals surface area contributed by atoms with Crippen molar-refractivity contribution in [3.63, 3.8) is 0 Å². The van der Waals surface area contributed by atoms with Gasteiger partial charge in [0.25, 0.3) is 5.91 Å². The SMILES string of the molecule is O=C(c1cn(C2CCNCC2)nn1)N1CCCc2cc(OC(F)F)ccc21. The molecular formula is C18H21F2N5O2. The van der Waals surface area contributed by atoms with Gasteiger partial charge in [-0.1, -0.05) is 5.21 Å². The highest BCUT2D eigenvalue weighted by atomic mass is 19.3. The molecule has 0 saturated carbocycles. The number of aromatic nitrogens is 3. The van der Waals surface area contributed by atoms with Crippen molar-refractivity contribution in [3.05, 3.63) is 35.7 Å². The van der Waals surface area contributed by atoms with Crippen LogP contribution in [-0.4, -0.2) is 47.1 Å². The summed E-state index contributed by atoms with van der Waals surface area (Å²) in [5.41, 5.74) is 1.83. The summed E-state index contributed by atoms with van der Waals surface area (Å²) in [6, 6.07) is 4.94. The van der Waals surface area contributed by atoms with Crippen molar-refractivity contribution in [3.8, 4) is 5.75 Å². The number of amides is 1. The van der Waals surface area contributed by atoms with Gasteiger partial charge >= 0.3 is 6.61 Å². The lowest BCUT2D eigenvalue weighted by atomic mass is 10.0. The van der Waals surface area contributed by atoms with E-state index in [1.807, 2.05) is 0 Å². The van der Waals surface area contributed by atoms with E-state index in [4.69, 9.17) is 0 Å². The first-order valence-electron chi connectivity index (χ1n) is 9.14. The third-order valence-corrected chi connectivity index (χ3v) is 5.05. The van der Waals surface area contributed by atoms with Crippen LogP contribution in [-0.2, 0) is 6.42 Å². The molecule has 144 valence electrons. The molecule has 4 rings (SSSR count). The molecule has 1 saturated heterocycles. The van der Waals surface area contributed by atoms with Crippen molar-refractivity contribution in [2.45, 2.75) is 38.3 Å². The lowest BCUT2D eigenvalue weighted by Crippen LogP contribution is -2.35. The predicted molar refractivity (Wildman–Crippen MR) is 94.2 cm³/mol. The van der Waals surface area contributed by atoms with Crippen molar-refractivity contribution < 1.29 is 18.3 Å². The first kappa shape index (κ1) is 17.8. The number of carbonyl (C=O) groups is 1.